The van der Waals surface area contributed by atoms with Crippen molar-refractivity contribution in [3.63, 3.8) is 0 Å². The van der Waals surface area contributed by atoms with Crippen LogP contribution in [0, 0.1) is 0 Å². The van der Waals surface area contributed by atoms with Crippen molar-refractivity contribution in [2.24, 2.45) is 12.8 Å². The van der Waals surface area contributed by atoms with Crippen LogP contribution in [0.1, 0.15) is 12.0 Å². The molecule has 0 unspecified atom stereocenters. The van der Waals surface area contributed by atoms with Crippen LogP contribution in [0.3, 0.4) is 0 Å². The Morgan fingerprint density at radius 2 is 2.27 bits per heavy atom. The average Bonchev–Trinajstić information content (AvgIpc) is 2.31. The minimum Gasteiger partial charge on any atom is -0.357 e. The molecule has 11 heavy (non-hydrogen) atoms. The van der Waals surface area contributed by atoms with Gasteiger partial charge in [0, 0.05) is 19.4 Å². The fraction of sp³-hybridized carbons (Fsp3) is 0.500. The van der Waals surface area contributed by atoms with Gasteiger partial charge in [-0.2, -0.15) is 0 Å². The summed E-state index contributed by atoms with van der Waals surface area (Å²) >= 11 is 0. The zero-order valence-corrected chi connectivity index (χ0v) is 7.09. The Morgan fingerprint density at radius 1 is 1.55 bits per heavy atom. The fourth-order valence-electron chi connectivity index (χ4n) is 1.02. The summed E-state index contributed by atoms with van der Waals surface area (Å²) in [5.41, 5.74) is 6.76. The molecule has 1 rings (SSSR count). The molecular formula is C8H17N3. The third kappa shape index (κ3) is 3.20. The highest BCUT2D eigenvalue weighted by Crippen LogP contribution is 2.01. The van der Waals surface area contributed by atoms with Gasteiger partial charge >= 0.3 is 0 Å². The van der Waals surface area contributed by atoms with Gasteiger partial charge in [-0.05, 0) is 31.0 Å². The number of aromatic nitrogens is 1. The molecule has 0 aliphatic rings. The second kappa shape index (κ2) is 4.93. The third-order valence-corrected chi connectivity index (χ3v) is 1.56. The summed E-state index contributed by atoms with van der Waals surface area (Å²) in [5.74, 6) is 0. The Hall–Kier alpha value is -0.800. The number of nitrogens with two attached hydrogens (primary N) is 1. The average molecular weight is 155 g/mol. The van der Waals surface area contributed by atoms with E-state index in [0.717, 1.165) is 19.4 Å². The maximum atomic E-state index is 5.38. The molecule has 5 N–H and O–H groups in total. The molecule has 1 aromatic heterocycles. The van der Waals surface area contributed by atoms with Gasteiger partial charge in [-0.1, -0.05) is 0 Å². The Labute approximate surface area is 67.8 Å². The summed E-state index contributed by atoms with van der Waals surface area (Å²) < 4.78 is 2.06. The first-order valence-electron chi connectivity index (χ1n) is 3.64. The molecular weight excluding hydrogens is 138 g/mol. The van der Waals surface area contributed by atoms with E-state index >= 15 is 0 Å². The highest BCUT2D eigenvalue weighted by Gasteiger charge is 1.91. The predicted molar refractivity (Wildman–Crippen MR) is 47.8 cm³/mol. The molecule has 0 aromatic carbocycles. The highest BCUT2D eigenvalue weighted by atomic mass is 14.9. The van der Waals surface area contributed by atoms with Gasteiger partial charge in [0.2, 0.25) is 0 Å². The molecule has 3 nitrogen and oxygen atoms in total. The van der Waals surface area contributed by atoms with Crippen molar-refractivity contribution in [1.29, 1.82) is 0 Å². The van der Waals surface area contributed by atoms with Gasteiger partial charge in [0.05, 0.1) is 0 Å². The second-order valence-electron chi connectivity index (χ2n) is 2.58. The lowest BCUT2D eigenvalue weighted by Gasteiger charge is -1.92. The lowest BCUT2D eigenvalue weighted by molar-refractivity contribution is 0.826. The Kier molecular flexibility index (Phi) is 4.57. The SMILES string of the molecule is Cn1ccc(CCCN)c1.N. The second-order valence-corrected chi connectivity index (χ2v) is 2.58. The summed E-state index contributed by atoms with van der Waals surface area (Å²) in [4.78, 5) is 0. The van der Waals surface area contributed by atoms with Crippen LogP contribution in [0.25, 0.3) is 0 Å². The van der Waals surface area contributed by atoms with E-state index in [1.165, 1.54) is 5.56 Å². The first kappa shape index (κ1) is 10.2. The van der Waals surface area contributed by atoms with E-state index in [9.17, 15) is 0 Å². The van der Waals surface area contributed by atoms with Crippen molar-refractivity contribution in [3.8, 4) is 0 Å². The van der Waals surface area contributed by atoms with Crippen LogP contribution in [0.2, 0.25) is 0 Å². The van der Waals surface area contributed by atoms with Gasteiger partial charge in [0.15, 0.2) is 0 Å². The zero-order chi connectivity index (χ0) is 7.40. The van der Waals surface area contributed by atoms with Crippen LogP contribution in [0.4, 0.5) is 0 Å². The monoisotopic (exact) mass is 155 g/mol. The van der Waals surface area contributed by atoms with E-state index in [-0.39, 0.29) is 6.15 Å². The first-order chi connectivity index (χ1) is 4.83. The van der Waals surface area contributed by atoms with E-state index in [0.29, 0.717) is 0 Å². The quantitative estimate of drug-likeness (QED) is 0.686. The van der Waals surface area contributed by atoms with Gasteiger partial charge in [0.1, 0.15) is 0 Å². The number of hydrogen-bond acceptors (Lipinski definition) is 2. The topological polar surface area (TPSA) is 66.0 Å². The van der Waals surface area contributed by atoms with E-state index in [4.69, 9.17) is 5.73 Å². The van der Waals surface area contributed by atoms with Gasteiger partial charge in [-0.15, -0.1) is 0 Å². The lowest BCUT2D eigenvalue weighted by atomic mass is 10.2. The summed E-state index contributed by atoms with van der Waals surface area (Å²) in [6.07, 6.45) is 6.39. The molecule has 0 atom stereocenters. The number of hydrogen-bond donors (Lipinski definition) is 2. The van der Waals surface area contributed by atoms with E-state index in [2.05, 4.69) is 23.0 Å². The number of rotatable bonds is 3. The Bertz CT molecular complexity index is 193. The predicted octanol–water partition coefficient (Wildman–Crippen LogP) is 1.08. The largest absolute Gasteiger partial charge is 0.357 e. The summed E-state index contributed by atoms with van der Waals surface area (Å²) in [6, 6.07) is 2.13. The molecule has 1 heterocycles. The van der Waals surface area contributed by atoms with Crippen molar-refractivity contribution >= 4 is 0 Å². The van der Waals surface area contributed by atoms with Crippen molar-refractivity contribution in [1.82, 2.24) is 10.7 Å². The molecule has 64 valence electrons. The smallest absolute Gasteiger partial charge is 0.0106 e. The first-order valence-corrected chi connectivity index (χ1v) is 3.64. The molecule has 0 aliphatic carbocycles. The van der Waals surface area contributed by atoms with Crippen molar-refractivity contribution in [2.45, 2.75) is 12.8 Å². The maximum absolute atomic E-state index is 5.38. The summed E-state index contributed by atoms with van der Waals surface area (Å²) in [5, 5.41) is 0. The number of aryl methyl sites for hydroxylation is 2. The molecule has 0 radical (unpaired) electrons. The molecule has 0 fully saturated rings. The molecule has 0 saturated carbocycles. The van der Waals surface area contributed by atoms with Gasteiger partial charge in [-0.3, -0.25) is 0 Å². The van der Waals surface area contributed by atoms with Gasteiger partial charge in [0.25, 0.3) is 0 Å². The van der Waals surface area contributed by atoms with Gasteiger partial charge < -0.3 is 16.5 Å². The van der Waals surface area contributed by atoms with Crippen LogP contribution in [0.15, 0.2) is 18.5 Å². The van der Waals surface area contributed by atoms with Gasteiger partial charge in [-0.25, -0.2) is 0 Å². The molecule has 0 aliphatic heterocycles. The normalized spacial score (nSPS) is 9.27. The molecule has 1 aromatic rings. The van der Waals surface area contributed by atoms with Crippen LogP contribution < -0.4 is 11.9 Å². The Morgan fingerprint density at radius 3 is 2.73 bits per heavy atom. The highest BCUT2D eigenvalue weighted by molar-refractivity contribution is 5.09. The van der Waals surface area contributed by atoms with Crippen LogP contribution >= 0.6 is 0 Å². The van der Waals surface area contributed by atoms with E-state index in [1.807, 2.05) is 7.05 Å². The number of nitrogens with zero attached hydrogens (tertiary/aromatic N) is 1. The zero-order valence-electron chi connectivity index (χ0n) is 7.09. The van der Waals surface area contributed by atoms with Crippen molar-refractivity contribution in [2.75, 3.05) is 6.54 Å². The molecule has 0 bridgehead atoms. The minimum atomic E-state index is 0. The molecule has 0 saturated heterocycles. The van der Waals surface area contributed by atoms with Crippen LogP contribution in [-0.2, 0) is 13.5 Å². The maximum Gasteiger partial charge on any atom is 0.0106 e. The standard InChI is InChI=1S/C8H14N2.H3N/c1-10-6-4-8(7-10)3-2-5-9;/h4,6-7H,2-3,5,9H2,1H3;1H3. The summed E-state index contributed by atoms with van der Waals surface area (Å²) in [7, 11) is 2.03. The van der Waals surface area contributed by atoms with Crippen molar-refractivity contribution in [3.05, 3.63) is 24.0 Å². The molecule has 3 heteroatoms. The molecule has 0 spiro atoms. The van der Waals surface area contributed by atoms with E-state index < -0.39 is 0 Å². The Balaban J connectivity index is 0.000001000. The van der Waals surface area contributed by atoms with Crippen molar-refractivity contribution < 1.29 is 0 Å². The van der Waals surface area contributed by atoms with Crippen LogP contribution in [-0.4, -0.2) is 11.1 Å². The fourth-order valence-corrected chi connectivity index (χ4v) is 1.02. The third-order valence-electron chi connectivity index (χ3n) is 1.56. The lowest BCUT2D eigenvalue weighted by Crippen LogP contribution is -1.99. The van der Waals surface area contributed by atoms with Crippen LogP contribution in [0.5, 0.6) is 0 Å². The molecule has 0 amide bonds. The summed E-state index contributed by atoms with van der Waals surface area (Å²) in [6.45, 7) is 0.787. The minimum absolute atomic E-state index is 0. The van der Waals surface area contributed by atoms with E-state index in [1.54, 1.807) is 0 Å².